The molecule has 1 aromatic heterocycles. The lowest BCUT2D eigenvalue weighted by Gasteiger charge is -2.20. The third kappa shape index (κ3) is 5.16. The molecular weight excluding hydrogens is 392 g/mol. The fourth-order valence-electron chi connectivity index (χ4n) is 3.22. The van der Waals surface area contributed by atoms with Gasteiger partial charge in [-0.1, -0.05) is 66.7 Å². The topological polar surface area (TPSA) is 41.1 Å². The van der Waals surface area contributed by atoms with E-state index in [-0.39, 0.29) is 12.4 Å². The summed E-state index contributed by atoms with van der Waals surface area (Å²) in [4.78, 5) is 11.7. The number of anilines is 4. The second-order valence-electron chi connectivity index (χ2n) is 7.04. The molecule has 0 amide bonds. The molecule has 0 aliphatic carbocycles. The molecule has 4 aromatic rings. The smallest absolute Gasteiger partial charge is 0.229 e. The summed E-state index contributed by atoms with van der Waals surface area (Å²) in [6.45, 7) is 2.08. The molecular formula is C25H25ClN4. The van der Waals surface area contributed by atoms with Gasteiger partial charge < -0.3 is 10.2 Å². The minimum absolute atomic E-state index is 0. The van der Waals surface area contributed by atoms with Gasteiger partial charge in [-0.15, -0.1) is 12.4 Å². The Balaban J connectivity index is 0.00000256. The van der Waals surface area contributed by atoms with E-state index in [1.807, 2.05) is 49.5 Å². The maximum Gasteiger partial charge on any atom is 0.229 e. The molecule has 0 aliphatic rings. The van der Waals surface area contributed by atoms with Crippen LogP contribution in [0.25, 0.3) is 0 Å². The first-order valence-corrected chi connectivity index (χ1v) is 9.72. The van der Waals surface area contributed by atoms with E-state index in [1.54, 1.807) is 0 Å². The van der Waals surface area contributed by atoms with Gasteiger partial charge in [-0.25, -0.2) is 4.98 Å². The summed E-state index contributed by atoms with van der Waals surface area (Å²) in [5, 5.41) is 3.40. The molecule has 0 radical (unpaired) electrons. The number of benzene rings is 3. The van der Waals surface area contributed by atoms with Gasteiger partial charge in [0, 0.05) is 30.9 Å². The quantitative estimate of drug-likeness (QED) is 0.400. The van der Waals surface area contributed by atoms with Crippen molar-refractivity contribution in [2.45, 2.75) is 13.3 Å². The largest absolute Gasteiger partial charge is 0.329 e. The maximum absolute atomic E-state index is 4.79. The maximum atomic E-state index is 4.79. The molecule has 0 saturated carbocycles. The van der Waals surface area contributed by atoms with Gasteiger partial charge in [0.05, 0.1) is 5.69 Å². The van der Waals surface area contributed by atoms with Crippen LogP contribution in [0, 0.1) is 6.92 Å². The van der Waals surface area contributed by atoms with E-state index in [1.165, 1.54) is 5.56 Å². The van der Waals surface area contributed by atoms with Crippen molar-refractivity contribution in [3.8, 4) is 0 Å². The highest BCUT2D eigenvalue weighted by Crippen LogP contribution is 2.25. The molecule has 30 heavy (non-hydrogen) atoms. The molecule has 4 rings (SSSR count). The van der Waals surface area contributed by atoms with Gasteiger partial charge in [-0.2, -0.15) is 4.98 Å². The van der Waals surface area contributed by atoms with Gasteiger partial charge in [0.25, 0.3) is 0 Å². The molecule has 4 nitrogen and oxygen atoms in total. The second-order valence-corrected chi connectivity index (χ2v) is 7.04. The average molecular weight is 417 g/mol. The number of hydrogen-bond donors (Lipinski definition) is 1. The lowest BCUT2D eigenvalue weighted by Crippen LogP contribution is -2.14. The average Bonchev–Trinajstić information content (AvgIpc) is 2.76. The number of hydrogen-bond acceptors (Lipinski definition) is 4. The highest BCUT2D eigenvalue weighted by molar-refractivity contribution is 5.85. The first kappa shape index (κ1) is 21.3. The molecule has 152 valence electrons. The minimum atomic E-state index is 0. The van der Waals surface area contributed by atoms with Crippen molar-refractivity contribution in [3.63, 3.8) is 0 Å². The van der Waals surface area contributed by atoms with Crippen molar-refractivity contribution in [3.05, 3.63) is 108 Å². The first-order chi connectivity index (χ1) is 14.2. The first-order valence-electron chi connectivity index (χ1n) is 9.72. The monoisotopic (exact) mass is 416 g/mol. The minimum Gasteiger partial charge on any atom is -0.329 e. The van der Waals surface area contributed by atoms with Gasteiger partial charge in [-0.3, -0.25) is 0 Å². The summed E-state index contributed by atoms with van der Waals surface area (Å²) in [5.41, 5.74) is 5.44. The van der Waals surface area contributed by atoms with Gasteiger partial charge in [-0.05, 0) is 36.2 Å². The third-order valence-corrected chi connectivity index (χ3v) is 4.87. The van der Waals surface area contributed by atoms with E-state index in [2.05, 4.69) is 65.7 Å². The number of aryl methyl sites for hydroxylation is 1. The number of nitrogens with zero attached hydrogens (tertiary/aromatic N) is 3. The lowest BCUT2D eigenvalue weighted by atomic mass is 10.1. The van der Waals surface area contributed by atoms with Gasteiger partial charge in [0.2, 0.25) is 5.95 Å². The molecule has 5 heteroatoms. The van der Waals surface area contributed by atoms with Crippen LogP contribution in [0.3, 0.4) is 0 Å². The van der Waals surface area contributed by atoms with Crippen molar-refractivity contribution in [1.82, 2.24) is 9.97 Å². The highest BCUT2D eigenvalue weighted by atomic mass is 35.5. The van der Waals surface area contributed by atoms with E-state index in [0.29, 0.717) is 5.95 Å². The molecule has 0 bridgehead atoms. The van der Waals surface area contributed by atoms with Crippen LogP contribution in [0.4, 0.5) is 23.1 Å². The van der Waals surface area contributed by atoms with Crippen LogP contribution < -0.4 is 10.2 Å². The fourth-order valence-corrected chi connectivity index (χ4v) is 3.22. The van der Waals surface area contributed by atoms with Crippen molar-refractivity contribution >= 4 is 35.5 Å². The summed E-state index contributed by atoms with van der Waals surface area (Å²) >= 11 is 0. The molecule has 0 unspecified atom stereocenters. The summed E-state index contributed by atoms with van der Waals surface area (Å²) in [7, 11) is 2.03. The number of para-hydroxylation sites is 2. The zero-order chi connectivity index (χ0) is 20.1. The summed E-state index contributed by atoms with van der Waals surface area (Å²) < 4.78 is 0. The van der Waals surface area contributed by atoms with E-state index >= 15 is 0 Å². The summed E-state index contributed by atoms with van der Waals surface area (Å²) in [6, 6.07) is 30.8. The van der Waals surface area contributed by atoms with Gasteiger partial charge in [0.1, 0.15) is 5.82 Å². The van der Waals surface area contributed by atoms with Crippen LogP contribution in [-0.2, 0) is 6.42 Å². The Bertz CT molecular complexity index is 1080. The number of halogens is 1. The molecule has 3 aromatic carbocycles. The Labute approximate surface area is 184 Å². The van der Waals surface area contributed by atoms with Gasteiger partial charge in [0.15, 0.2) is 0 Å². The predicted molar refractivity (Wildman–Crippen MR) is 127 cm³/mol. The number of nitrogens with one attached hydrogen (secondary N) is 1. The number of aromatic nitrogens is 2. The zero-order valence-electron chi connectivity index (χ0n) is 17.1. The lowest BCUT2D eigenvalue weighted by molar-refractivity contribution is 1.01. The molecule has 0 saturated heterocycles. The Kier molecular flexibility index (Phi) is 7.04. The standard InChI is InChI=1S/C25H24N4.ClH/c1-19-11-9-10-16-23(19)27-25-26-21(17-20-12-5-3-6-13-20)18-24(28-25)29(2)22-14-7-4-8-15-22;/h3-16,18H,17H2,1-2H3,(H,26,27,28);1H. The van der Waals surface area contributed by atoms with Crippen molar-refractivity contribution in [2.24, 2.45) is 0 Å². The SMILES string of the molecule is Cc1ccccc1Nc1nc(Cc2ccccc2)cc(N(C)c2ccccc2)n1.Cl. The van der Waals surface area contributed by atoms with Crippen molar-refractivity contribution in [1.29, 1.82) is 0 Å². The molecule has 1 heterocycles. The van der Waals surface area contributed by atoms with E-state index < -0.39 is 0 Å². The van der Waals surface area contributed by atoms with Crippen LogP contribution in [0.1, 0.15) is 16.8 Å². The Morgan fingerprint density at radius 2 is 1.43 bits per heavy atom. The van der Waals surface area contributed by atoms with Crippen LogP contribution in [0.2, 0.25) is 0 Å². The summed E-state index contributed by atoms with van der Waals surface area (Å²) in [6.07, 6.45) is 0.751. The molecule has 0 aliphatic heterocycles. The van der Waals surface area contributed by atoms with Crippen LogP contribution in [0.15, 0.2) is 91.0 Å². The second kappa shape index (κ2) is 9.90. The zero-order valence-corrected chi connectivity index (χ0v) is 17.9. The van der Waals surface area contributed by atoms with Crippen molar-refractivity contribution in [2.75, 3.05) is 17.3 Å². The van der Waals surface area contributed by atoms with Crippen molar-refractivity contribution < 1.29 is 0 Å². The van der Waals surface area contributed by atoms with Gasteiger partial charge >= 0.3 is 0 Å². The molecule has 0 atom stereocenters. The number of rotatable bonds is 6. The summed E-state index contributed by atoms with van der Waals surface area (Å²) in [5.74, 6) is 1.46. The van der Waals surface area contributed by atoms with E-state index in [9.17, 15) is 0 Å². The fraction of sp³-hybridized carbons (Fsp3) is 0.120. The molecule has 1 N–H and O–H groups in total. The highest BCUT2D eigenvalue weighted by Gasteiger charge is 2.11. The third-order valence-electron chi connectivity index (χ3n) is 4.87. The van der Waals surface area contributed by atoms with Crippen LogP contribution in [0.5, 0.6) is 0 Å². The molecule has 0 fully saturated rings. The predicted octanol–water partition coefficient (Wildman–Crippen LogP) is 6.31. The molecule has 0 spiro atoms. The van der Waals surface area contributed by atoms with E-state index in [4.69, 9.17) is 9.97 Å². The Morgan fingerprint density at radius 1 is 0.800 bits per heavy atom. The normalized spacial score (nSPS) is 10.2. The van der Waals surface area contributed by atoms with Crippen LogP contribution >= 0.6 is 12.4 Å². The Hall–Kier alpha value is -3.37. The van der Waals surface area contributed by atoms with Crippen LogP contribution in [-0.4, -0.2) is 17.0 Å². The Morgan fingerprint density at radius 3 is 2.13 bits per heavy atom. The van der Waals surface area contributed by atoms with E-state index in [0.717, 1.165) is 34.9 Å².